The molecule has 1 saturated carbocycles. The van der Waals surface area contributed by atoms with Gasteiger partial charge in [-0.15, -0.1) is 0 Å². The van der Waals surface area contributed by atoms with Crippen molar-refractivity contribution in [2.75, 3.05) is 10.7 Å². The third-order valence-corrected chi connectivity index (χ3v) is 2.79. The van der Waals surface area contributed by atoms with Crippen LogP contribution in [0.2, 0.25) is 0 Å². The molecule has 1 aliphatic rings. The van der Waals surface area contributed by atoms with Crippen molar-refractivity contribution in [1.29, 1.82) is 0 Å². The monoisotopic (exact) mass is 278 g/mol. The molecule has 19 heavy (non-hydrogen) atoms. The highest BCUT2D eigenvalue weighted by Gasteiger charge is 2.64. The maximum absolute atomic E-state index is 12.8. The fourth-order valence-corrected chi connectivity index (χ4v) is 1.58. The van der Waals surface area contributed by atoms with Crippen LogP contribution in [0.4, 0.5) is 30.5 Å². The van der Waals surface area contributed by atoms with E-state index in [4.69, 9.17) is 5.84 Å². The van der Waals surface area contributed by atoms with Gasteiger partial charge in [0.2, 0.25) is 11.6 Å². The van der Waals surface area contributed by atoms with Crippen LogP contribution in [0.15, 0.2) is 6.33 Å². The van der Waals surface area contributed by atoms with E-state index in [0.717, 1.165) is 6.33 Å². The molecule has 2 rings (SSSR count). The third-order valence-electron chi connectivity index (χ3n) is 2.79. The van der Waals surface area contributed by atoms with Gasteiger partial charge in [0.05, 0.1) is 4.92 Å². The lowest BCUT2D eigenvalue weighted by atomic mass is 10.2. The van der Waals surface area contributed by atoms with Gasteiger partial charge in [-0.05, 0) is 12.8 Å². The molecular formula is C8H9F3N6O2. The number of alkyl halides is 3. The molecular weight excluding hydrogens is 269 g/mol. The number of halogens is 3. The highest BCUT2D eigenvalue weighted by atomic mass is 19.4. The number of nitrogens with zero attached hydrogens (tertiary/aromatic N) is 3. The lowest BCUT2D eigenvalue weighted by Crippen LogP contribution is -2.39. The van der Waals surface area contributed by atoms with Crippen LogP contribution >= 0.6 is 0 Å². The molecule has 0 amide bonds. The zero-order valence-corrected chi connectivity index (χ0v) is 9.36. The number of hydrogen-bond donors (Lipinski definition) is 3. The summed E-state index contributed by atoms with van der Waals surface area (Å²) in [5.41, 5.74) is -0.928. The minimum absolute atomic E-state index is 0.164. The quantitative estimate of drug-likeness (QED) is 0.429. The number of nitro groups is 1. The van der Waals surface area contributed by atoms with E-state index in [0.29, 0.717) is 0 Å². The van der Waals surface area contributed by atoms with Crippen molar-refractivity contribution in [3.63, 3.8) is 0 Å². The Labute approximate surface area is 104 Å². The van der Waals surface area contributed by atoms with E-state index in [1.807, 2.05) is 5.43 Å². The van der Waals surface area contributed by atoms with Crippen LogP contribution in [0.25, 0.3) is 0 Å². The summed E-state index contributed by atoms with van der Waals surface area (Å²) in [6.45, 7) is 0. The SMILES string of the molecule is NNc1ncnc(NC2(C(F)(F)F)CC2)c1[N+](=O)[O-]. The molecule has 0 unspecified atom stereocenters. The maximum Gasteiger partial charge on any atom is 0.411 e. The van der Waals surface area contributed by atoms with E-state index in [9.17, 15) is 23.3 Å². The summed E-state index contributed by atoms with van der Waals surface area (Å²) in [6.07, 6.45) is -3.95. The van der Waals surface area contributed by atoms with Crippen LogP contribution < -0.4 is 16.6 Å². The summed E-state index contributed by atoms with van der Waals surface area (Å²) in [6, 6.07) is 0. The Bertz CT molecular complexity index is 516. The lowest BCUT2D eigenvalue weighted by Gasteiger charge is -2.21. The van der Waals surface area contributed by atoms with Crippen molar-refractivity contribution in [2.45, 2.75) is 24.6 Å². The largest absolute Gasteiger partial charge is 0.411 e. The average molecular weight is 278 g/mol. The highest BCUT2D eigenvalue weighted by Crippen LogP contribution is 2.51. The van der Waals surface area contributed by atoms with Gasteiger partial charge in [-0.25, -0.2) is 15.8 Å². The van der Waals surface area contributed by atoms with Crippen molar-refractivity contribution in [3.8, 4) is 0 Å². The van der Waals surface area contributed by atoms with E-state index in [1.54, 1.807) is 0 Å². The molecule has 104 valence electrons. The normalized spacial score (nSPS) is 16.8. The topological polar surface area (TPSA) is 119 Å². The second kappa shape index (κ2) is 4.19. The number of rotatable bonds is 4. The van der Waals surface area contributed by atoms with Crippen LogP contribution in [-0.2, 0) is 0 Å². The van der Waals surface area contributed by atoms with E-state index in [1.165, 1.54) is 0 Å². The third kappa shape index (κ3) is 2.23. The van der Waals surface area contributed by atoms with Crippen LogP contribution in [0.5, 0.6) is 0 Å². The molecule has 0 bridgehead atoms. The first kappa shape index (κ1) is 13.3. The Morgan fingerprint density at radius 2 is 1.95 bits per heavy atom. The molecule has 8 nitrogen and oxygen atoms in total. The zero-order chi connectivity index (χ0) is 14.3. The first-order chi connectivity index (χ1) is 8.81. The van der Waals surface area contributed by atoms with Crippen LogP contribution in [0.3, 0.4) is 0 Å². The van der Waals surface area contributed by atoms with Crippen molar-refractivity contribution in [1.82, 2.24) is 9.97 Å². The molecule has 1 aromatic rings. The predicted molar refractivity (Wildman–Crippen MR) is 58.1 cm³/mol. The summed E-state index contributed by atoms with van der Waals surface area (Å²) in [4.78, 5) is 16.9. The van der Waals surface area contributed by atoms with Gasteiger partial charge in [0.1, 0.15) is 11.9 Å². The van der Waals surface area contributed by atoms with Crippen molar-refractivity contribution in [2.24, 2.45) is 5.84 Å². The molecule has 1 fully saturated rings. The van der Waals surface area contributed by atoms with E-state index < -0.39 is 28.1 Å². The van der Waals surface area contributed by atoms with Gasteiger partial charge in [-0.1, -0.05) is 0 Å². The lowest BCUT2D eigenvalue weighted by molar-refractivity contribution is -0.383. The van der Waals surface area contributed by atoms with Crippen LogP contribution in [-0.4, -0.2) is 26.6 Å². The maximum atomic E-state index is 12.8. The van der Waals surface area contributed by atoms with Gasteiger partial charge in [-0.3, -0.25) is 10.1 Å². The number of nitrogen functional groups attached to an aromatic ring is 1. The van der Waals surface area contributed by atoms with Gasteiger partial charge in [-0.2, -0.15) is 13.2 Å². The minimum atomic E-state index is -4.51. The molecule has 0 aliphatic heterocycles. The fraction of sp³-hybridized carbons (Fsp3) is 0.500. The number of nitrogens with two attached hydrogens (primary N) is 1. The van der Waals surface area contributed by atoms with Crippen molar-refractivity contribution in [3.05, 3.63) is 16.4 Å². The molecule has 0 radical (unpaired) electrons. The smallest absolute Gasteiger partial charge is 0.350 e. The Kier molecular flexibility index (Phi) is 2.92. The highest BCUT2D eigenvalue weighted by molar-refractivity contribution is 5.70. The molecule has 1 aromatic heterocycles. The number of aromatic nitrogens is 2. The molecule has 0 atom stereocenters. The standard InChI is InChI=1S/C8H9F3N6O2/c9-8(10,11)7(1-2-7)15-5-4(17(18)19)6(16-12)14-3-13-5/h3H,1-2,12H2,(H2,13,14,15,16). The number of anilines is 2. The second-order valence-electron chi connectivity index (χ2n) is 4.03. The van der Waals surface area contributed by atoms with E-state index in [2.05, 4.69) is 15.3 Å². The minimum Gasteiger partial charge on any atom is -0.350 e. The van der Waals surface area contributed by atoms with Gasteiger partial charge >= 0.3 is 11.9 Å². The second-order valence-corrected chi connectivity index (χ2v) is 4.03. The predicted octanol–water partition coefficient (Wildman–Crippen LogP) is 1.18. The Hall–Kier alpha value is -2.17. The van der Waals surface area contributed by atoms with Crippen LogP contribution in [0.1, 0.15) is 12.8 Å². The van der Waals surface area contributed by atoms with Gasteiger partial charge in [0.15, 0.2) is 0 Å². The van der Waals surface area contributed by atoms with Crippen molar-refractivity contribution < 1.29 is 18.1 Å². The Morgan fingerprint density at radius 1 is 1.37 bits per heavy atom. The first-order valence-electron chi connectivity index (χ1n) is 5.12. The van der Waals surface area contributed by atoms with Crippen LogP contribution in [0, 0.1) is 10.1 Å². The fourth-order valence-electron chi connectivity index (χ4n) is 1.58. The Morgan fingerprint density at radius 3 is 2.37 bits per heavy atom. The average Bonchev–Trinajstić information content (AvgIpc) is 3.08. The molecule has 0 spiro atoms. The number of nitrogens with one attached hydrogen (secondary N) is 2. The zero-order valence-electron chi connectivity index (χ0n) is 9.36. The molecule has 4 N–H and O–H groups in total. The van der Waals surface area contributed by atoms with E-state index in [-0.39, 0.29) is 18.7 Å². The molecule has 1 heterocycles. The van der Waals surface area contributed by atoms with Gasteiger partial charge in [0.25, 0.3) is 0 Å². The van der Waals surface area contributed by atoms with E-state index >= 15 is 0 Å². The summed E-state index contributed by atoms with van der Waals surface area (Å²) < 4.78 is 38.3. The molecule has 11 heteroatoms. The molecule has 0 aromatic carbocycles. The Balaban J connectivity index is 2.39. The number of hydrazine groups is 1. The summed E-state index contributed by atoms with van der Waals surface area (Å²) >= 11 is 0. The van der Waals surface area contributed by atoms with Gasteiger partial charge in [0, 0.05) is 0 Å². The summed E-state index contributed by atoms with van der Waals surface area (Å²) in [7, 11) is 0. The first-order valence-corrected chi connectivity index (χ1v) is 5.12. The molecule has 1 aliphatic carbocycles. The van der Waals surface area contributed by atoms with Gasteiger partial charge < -0.3 is 10.7 Å². The van der Waals surface area contributed by atoms with Crippen molar-refractivity contribution >= 4 is 17.3 Å². The number of hydrogen-bond acceptors (Lipinski definition) is 7. The molecule has 0 saturated heterocycles. The summed E-state index contributed by atoms with van der Waals surface area (Å²) in [5.74, 6) is 4.16. The summed E-state index contributed by atoms with van der Waals surface area (Å²) in [5, 5.41) is 12.9.